The van der Waals surface area contributed by atoms with Crippen molar-refractivity contribution in [2.24, 2.45) is 0 Å². The summed E-state index contributed by atoms with van der Waals surface area (Å²) in [4.78, 5) is 9.92. The number of benzene rings is 1. The van der Waals surface area contributed by atoms with Crippen LogP contribution in [-0.4, -0.2) is 54.1 Å². The summed E-state index contributed by atoms with van der Waals surface area (Å²) in [5.41, 5.74) is 5.68. The first-order valence-electron chi connectivity index (χ1n) is 16.0. The van der Waals surface area contributed by atoms with Crippen LogP contribution in [0.25, 0.3) is 0 Å². The highest BCUT2D eigenvalue weighted by molar-refractivity contribution is 5.47. The van der Waals surface area contributed by atoms with Crippen LogP contribution in [0.15, 0.2) is 36.9 Å². The molecule has 0 radical (unpaired) electrons. The molecule has 2 unspecified atom stereocenters. The summed E-state index contributed by atoms with van der Waals surface area (Å²) >= 11 is 0. The van der Waals surface area contributed by atoms with Gasteiger partial charge in [-0.2, -0.15) is 0 Å². The summed E-state index contributed by atoms with van der Waals surface area (Å²) in [6, 6.07) is 9.17. The number of likely N-dealkylation sites (N-methyl/N-ethyl adjacent to an activating group) is 1. The van der Waals surface area contributed by atoms with Crippen molar-refractivity contribution in [3.63, 3.8) is 0 Å². The van der Waals surface area contributed by atoms with Crippen LogP contribution in [0.5, 0.6) is 0 Å². The van der Waals surface area contributed by atoms with Crippen molar-refractivity contribution in [2.45, 2.75) is 109 Å². The Kier molecular flexibility index (Phi) is 10.8. The molecule has 4 rings (SSSR count). The molecule has 4 nitrogen and oxygen atoms in total. The van der Waals surface area contributed by atoms with Gasteiger partial charge in [-0.1, -0.05) is 52.3 Å². The number of pyridine rings is 1. The molecule has 0 bridgehead atoms. The van der Waals surface area contributed by atoms with Crippen LogP contribution < -0.4 is 5.32 Å². The van der Waals surface area contributed by atoms with E-state index in [4.69, 9.17) is 4.98 Å². The van der Waals surface area contributed by atoms with Crippen molar-refractivity contribution < 1.29 is 4.39 Å². The van der Waals surface area contributed by atoms with Crippen molar-refractivity contribution in [2.75, 3.05) is 38.5 Å². The number of nitrogens with zero attached hydrogens (tertiary/aromatic N) is 3. The second-order valence-corrected chi connectivity index (χ2v) is 12.4. The Bertz CT molecular complexity index is 1120. The van der Waals surface area contributed by atoms with Crippen LogP contribution in [0.1, 0.15) is 107 Å². The second-order valence-electron chi connectivity index (χ2n) is 12.4. The van der Waals surface area contributed by atoms with Gasteiger partial charge in [-0.05, 0) is 111 Å². The quantitative estimate of drug-likeness (QED) is 0.192. The molecule has 2 aromatic rings. The monoisotopic (exact) mass is 548 g/mol. The molecular weight excluding hydrogens is 495 g/mol. The van der Waals surface area contributed by atoms with Crippen molar-refractivity contribution in [1.82, 2.24) is 14.8 Å². The van der Waals surface area contributed by atoms with Crippen LogP contribution >= 0.6 is 0 Å². The maximum absolute atomic E-state index is 15.4. The second kappa shape index (κ2) is 14.1. The third-order valence-corrected chi connectivity index (χ3v) is 9.99. The number of likely N-dealkylation sites (tertiary alicyclic amines) is 1. The number of hydrogen-bond donors (Lipinski definition) is 1. The molecule has 1 fully saturated rings. The van der Waals surface area contributed by atoms with Crippen LogP contribution in [0.3, 0.4) is 0 Å². The Morgan fingerprint density at radius 1 is 1.20 bits per heavy atom. The highest BCUT2D eigenvalue weighted by Gasteiger charge is 2.32. The lowest BCUT2D eigenvalue weighted by Gasteiger charge is -2.32. The van der Waals surface area contributed by atoms with Gasteiger partial charge >= 0.3 is 0 Å². The van der Waals surface area contributed by atoms with E-state index in [1.165, 1.54) is 36.9 Å². The zero-order valence-corrected chi connectivity index (χ0v) is 25.9. The van der Waals surface area contributed by atoms with E-state index in [1.54, 1.807) is 6.07 Å². The fourth-order valence-corrected chi connectivity index (χ4v) is 6.69. The van der Waals surface area contributed by atoms with Crippen LogP contribution in [0.4, 0.5) is 10.2 Å². The molecule has 1 aromatic heterocycles. The maximum Gasteiger partial charge on any atom is 0.129 e. The van der Waals surface area contributed by atoms with E-state index in [9.17, 15) is 0 Å². The molecule has 0 saturated carbocycles. The summed E-state index contributed by atoms with van der Waals surface area (Å²) in [5, 5.41) is 3.45. The fraction of sp³-hybridized carbons (Fsp3) is 0.629. The summed E-state index contributed by atoms with van der Waals surface area (Å²) in [5.74, 6) is 1.06. The minimum absolute atomic E-state index is 0.00575. The minimum Gasteiger partial charge on any atom is -0.370 e. The Morgan fingerprint density at radius 3 is 2.73 bits per heavy atom. The van der Waals surface area contributed by atoms with Crippen molar-refractivity contribution in [3.05, 3.63) is 70.7 Å². The smallest absolute Gasteiger partial charge is 0.129 e. The number of aromatic nitrogens is 1. The number of unbranched alkanes of at least 4 members (excludes halogenated alkanes) is 2. The van der Waals surface area contributed by atoms with Crippen LogP contribution in [-0.2, 0) is 24.7 Å². The van der Waals surface area contributed by atoms with Gasteiger partial charge < -0.3 is 10.2 Å². The molecular formula is C35H53FN4. The number of fused-ring (bicyclic) bond motifs is 1. The third kappa shape index (κ3) is 6.97. The third-order valence-electron chi connectivity index (χ3n) is 9.99. The van der Waals surface area contributed by atoms with Crippen LogP contribution in [0, 0.1) is 5.82 Å². The van der Waals surface area contributed by atoms with E-state index in [0.29, 0.717) is 12.5 Å². The zero-order valence-electron chi connectivity index (χ0n) is 25.9. The average molecular weight is 549 g/mol. The molecule has 5 heteroatoms. The summed E-state index contributed by atoms with van der Waals surface area (Å²) < 4.78 is 15.4. The SMILES string of the molecule is C=CC(c1cc(C(C)(CC)CC)cc(F)c1CC)N1CCC(N(C)CCCCCc2ccc3c(n2)NCCC3)C1. The molecule has 1 N–H and O–H groups in total. The topological polar surface area (TPSA) is 31.4 Å². The van der Waals surface area contributed by atoms with E-state index < -0.39 is 0 Å². The Hall–Kier alpha value is -2.24. The highest BCUT2D eigenvalue weighted by Crippen LogP contribution is 2.37. The first kappa shape index (κ1) is 30.7. The first-order chi connectivity index (χ1) is 19.3. The lowest BCUT2D eigenvalue weighted by molar-refractivity contribution is 0.214. The minimum atomic E-state index is -0.0512. The molecule has 2 atom stereocenters. The lowest BCUT2D eigenvalue weighted by atomic mass is 9.76. The van der Waals surface area contributed by atoms with Gasteiger partial charge in [-0.25, -0.2) is 9.37 Å². The normalized spacial score (nSPS) is 18.5. The molecule has 1 aromatic carbocycles. The average Bonchev–Trinajstić information content (AvgIpc) is 3.46. The van der Waals surface area contributed by atoms with Gasteiger partial charge in [0.2, 0.25) is 0 Å². The Morgan fingerprint density at radius 2 is 2.00 bits per heavy atom. The van der Waals surface area contributed by atoms with Crippen molar-refractivity contribution in [3.8, 4) is 0 Å². The Labute approximate surface area is 243 Å². The molecule has 0 spiro atoms. The lowest BCUT2D eigenvalue weighted by Crippen LogP contribution is -2.36. The number of halogens is 1. The number of anilines is 1. The summed E-state index contributed by atoms with van der Waals surface area (Å²) in [6.45, 7) is 17.2. The standard InChI is InChI=1S/C35H53FN4/c1-7-30-31(23-27(24-32(30)36)35(5,9-3)10-4)33(8-2)40-22-19-29(25-40)39(6)21-13-11-12-16-28-18-17-26-15-14-20-37-34(26)38-28/h8,17-18,23-24,29,33H,2,7,9-16,19-22,25H2,1,3-6H3,(H,37,38). The number of hydrogen-bond acceptors (Lipinski definition) is 4. The van der Waals surface area contributed by atoms with E-state index in [1.807, 2.05) is 6.08 Å². The van der Waals surface area contributed by atoms with Gasteiger partial charge in [0, 0.05) is 31.4 Å². The summed E-state index contributed by atoms with van der Waals surface area (Å²) in [7, 11) is 2.28. The molecule has 2 aliphatic heterocycles. The largest absolute Gasteiger partial charge is 0.370 e. The van der Waals surface area contributed by atoms with E-state index in [2.05, 4.69) is 74.6 Å². The van der Waals surface area contributed by atoms with E-state index in [0.717, 1.165) is 80.8 Å². The number of aryl methyl sites for hydroxylation is 2. The molecule has 40 heavy (non-hydrogen) atoms. The fourth-order valence-electron chi connectivity index (χ4n) is 6.69. The predicted octanol–water partition coefficient (Wildman–Crippen LogP) is 7.87. The molecule has 0 amide bonds. The van der Waals surface area contributed by atoms with Gasteiger partial charge in [0.05, 0.1) is 6.04 Å². The number of nitrogens with one attached hydrogen (secondary N) is 1. The van der Waals surface area contributed by atoms with Gasteiger partial charge in [-0.15, -0.1) is 6.58 Å². The van der Waals surface area contributed by atoms with E-state index >= 15 is 4.39 Å². The highest BCUT2D eigenvalue weighted by atomic mass is 19.1. The van der Waals surface area contributed by atoms with Crippen LogP contribution in [0.2, 0.25) is 0 Å². The Balaban J connectivity index is 1.31. The molecule has 0 aliphatic carbocycles. The van der Waals surface area contributed by atoms with Gasteiger partial charge in [0.25, 0.3) is 0 Å². The molecule has 2 aliphatic rings. The number of rotatable bonds is 14. The van der Waals surface area contributed by atoms with Gasteiger partial charge in [0.1, 0.15) is 11.6 Å². The molecule has 220 valence electrons. The van der Waals surface area contributed by atoms with Crippen molar-refractivity contribution in [1.29, 1.82) is 0 Å². The molecule has 3 heterocycles. The predicted molar refractivity (Wildman–Crippen MR) is 168 cm³/mol. The van der Waals surface area contributed by atoms with E-state index in [-0.39, 0.29) is 17.3 Å². The summed E-state index contributed by atoms with van der Waals surface area (Å²) in [6.07, 6.45) is 12.9. The first-order valence-corrected chi connectivity index (χ1v) is 16.0. The van der Waals surface area contributed by atoms with Crippen molar-refractivity contribution >= 4 is 5.82 Å². The zero-order chi connectivity index (χ0) is 28.7. The molecule has 1 saturated heterocycles. The van der Waals surface area contributed by atoms with Gasteiger partial charge in [-0.3, -0.25) is 4.90 Å². The van der Waals surface area contributed by atoms with Gasteiger partial charge in [0.15, 0.2) is 0 Å². The maximum atomic E-state index is 15.4.